The lowest BCUT2D eigenvalue weighted by Gasteiger charge is -2.60. The highest BCUT2D eigenvalue weighted by atomic mass is 16.7. The molecule has 33 heavy (non-hydrogen) atoms. The fraction of sp³-hybridized carbons (Fsp3) is 0.920. The van der Waals surface area contributed by atoms with Gasteiger partial charge in [0.15, 0.2) is 12.4 Å². The van der Waals surface area contributed by atoms with Crippen LogP contribution in [-0.4, -0.2) is 69.0 Å². The predicted molar refractivity (Wildman–Crippen MR) is 116 cm³/mol. The Morgan fingerprint density at radius 3 is 2.45 bits per heavy atom. The molecule has 0 aromatic rings. The quantitative estimate of drug-likeness (QED) is 0.463. The van der Waals surface area contributed by atoms with Gasteiger partial charge in [0.2, 0.25) is 0 Å². The topological polar surface area (TPSA) is 134 Å². The summed E-state index contributed by atoms with van der Waals surface area (Å²) in [6.07, 6.45) is 0.719. The van der Waals surface area contributed by atoms with E-state index in [1.807, 2.05) is 0 Å². The summed E-state index contributed by atoms with van der Waals surface area (Å²) < 4.78 is 11.4. The molecule has 4 aliphatic carbocycles. The second kappa shape index (κ2) is 8.26. The van der Waals surface area contributed by atoms with Crippen LogP contribution in [0.15, 0.2) is 0 Å². The summed E-state index contributed by atoms with van der Waals surface area (Å²) in [5, 5.41) is 39.6. The van der Waals surface area contributed by atoms with Crippen molar-refractivity contribution in [1.82, 2.24) is 0 Å². The fourth-order valence-electron chi connectivity index (χ4n) is 8.47. The Morgan fingerprint density at radius 1 is 0.970 bits per heavy atom. The van der Waals surface area contributed by atoms with E-state index in [1.165, 1.54) is 0 Å². The summed E-state index contributed by atoms with van der Waals surface area (Å²) in [6, 6.07) is 0. The van der Waals surface area contributed by atoms with Crippen molar-refractivity contribution in [2.24, 2.45) is 34.5 Å². The lowest BCUT2D eigenvalue weighted by atomic mass is 9.45. The zero-order valence-electron chi connectivity index (χ0n) is 19.6. The molecule has 1 heterocycles. The van der Waals surface area contributed by atoms with Crippen molar-refractivity contribution in [1.29, 1.82) is 0 Å². The molecular weight excluding hydrogens is 428 g/mol. The molecule has 0 bridgehead atoms. The lowest BCUT2D eigenvalue weighted by molar-refractivity contribution is -0.309. The van der Waals surface area contributed by atoms with Crippen molar-refractivity contribution < 1.29 is 39.5 Å². The van der Waals surface area contributed by atoms with Gasteiger partial charge >= 0.3 is 5.97 Å². The maximum Gasteiger partial charge on any atom is 0.335 e. The minimum absolute atomic E-state index is 0.120. The van der Waals surface area contributed by atoms with Gasteiger partial charge in [0.25, 0.3) is 0 Å². The molecule has 1 saturated heterocycles. The third kappa shape index (κ3) is 3.59. The molecule has 0 unspecified atom stereocenters. The maximum atomic E-state index is 12.6. The lowest BCUT2D eigenvalue weighted by Crippen LogP contribution is -2.61. The molecule has 4 saturated carbocycles. The fourth-order valence-corrected chi connectivity index (χ4v) is 8.47. The molecule has 5 rings (SSSR count). The summed E-state index contributed by atoms with van der Waals surface area (Å²) in [4.78, 5) is 24.0. The van der Waals surface area contributed by atoms with Crippen LogP contribution in [0.2, 0.25) is 0 Å². The van der Waals surface area contributed by atoms with E-state index in [0.717, 1.165) is 57.8 Å². The maximum absolute atomic E-state index is 12.6. The number of carbonyl (C=O) groups is 2. The first kappa shape index (κ1) is 23.7. The average Bonchev–Trinajstić information content (AvgIpc) is 3.08. The van der Waals surface area contributed by atoms with Crippen molar-refractivity contribution in [2.75, 3.05) is 0 Å². The molecule has 5 aliphatic rings. The van der Waals surface area contributed by atoms with E-state index >= 15 is 0 Å². The Morgan fingerprint density at radius 2 is 1.73 bits per heavy atom. The largest absolute Gasteiger partial charge is 0.479 e. The van der Waals surface area contributed by atoms with Crippen molar-refractivity contribution in [2.45, 2.75) is 108 Å². The van der Waals surface area contributed by atoms with Gasteiger partial charge < -0.3 is 29.9 Å². The molecule has 0 radical (unpaired) electrons. The normalized spacial score (nSPS) is 54.3. The zero-order chi connectivity index (χ0) is 23.7. The highest BCUT2D eigenvalue weighted by Gasteiger charge is 2.60. The Bertz CT molecular complexity index is 801. The minimum atomic E-state index is -1.71. The first-order valence-electron chi connectivity index (χ1n) is 12.7. The highest BCUT2D eigenvalue weighted by Crippen LogP contribution is 2.65. The second-order valence-electron chi connectivity index (χ2n) is 11.8. The summed E-state index contributed by atoms with van der Waals surface area (Å²) in [7, 11) is 0. The molecule has 0 amide bonds. The zero-order valence-corrected chi connectivity index (χ0v) is 19.6. The molecular formula is C25H38O8. The number of ketones is 1. The molecule has 5 fully saturated rings. The summed E-state index contributed by atoms with van der Waals surface area (Å²) in [5.41, 5.74) is 0.0757. The van der Waals surface area contributed by atoms with Crippen molar-refractivity contribution in [3.05, 3.63) is 0 Å². The Kier molecular flexibility index (Phi) is 5.93. The molecule has 0 spiro atoms. The Labute approximate surface area is 194 Å². The minimum Gasteiger partial charge on any atom is -0.479 e. The van der Waals surface area contributed by atoms with E-state index in [-0.39, 0.29) is 16.9 Å². The van der Waals surface area contributed by atoms with Crippen LogP contribution >= 0.6 is 0 Å². The predicted octanol–water partition coefficient (Wildman–Crippen LogP) is 1.88. The van der Waals surface area contributed by atoms with E-state index < -0.39 is 36.7 Å². The van der Waals surface area contributed by atoms with Gasteiger partial charge in [0.1, 0.15) is 24.1 Å². The smallest absolute Gasteiger partial charge is 0.335 e. The van der Waals surface area contributed by atoms with E-state index in [2.05, 4.69) is 13.8 Å². The molecule has 0 aromatic carbocycles. The number of hydrogen-bond donors (Lipinski definition) is 4. The van der Waals surface area contributed by atoms with Crippen molar-refractivity contribution >= 4 is 11.8 Å². The number of fused-ring (bicyclic) bond motifs is 5. The van der Waals surface area contributed by atoms with Crippen LogP contribution in [0.4, 0.5) is 0 Å². The van der Waals surface area contributed by atoms with E-state index in [4.69, 9.17) is 9.47 Å². The van der Waals surface area contributed by atoms with Crippen LogP contribution in [0, 0.1) is 34.5 Å². The Hall–Kier alpha value is -1.06. The van der Waals surface area contributed by atoms with E-state index in [0.29, 0.717) is 29.5 Å². The number of ether oxygens (including phenoxy) is 2. The van der Waals surface area contributed by atoms with Crippen LogP contribution in [0.5, 0.6) is 0 Å². The van der Waals surface area contributed by atoms with Gasteiger partial charge in [-0.25, -0.2) is 4.79 Å². The number of aliphatic carboxylic acids is 1. The van der Waals surface area contributed by atoms with Crippen LogP contribution in [-0.2, 0) is 19.1 Å². The van der Waals surface area contributed by atoms with Crippen LogP contribution in [0.25, 0.3) is 0 Å². The standard InChI is InChI=1S/C25H38O8/c1-24-9-7-13(32-23-20(29)18(27)19(28)21(33-23)22(30)31)11-12(24)3-4-14-15-5-6-17(26)25(15,2)10-8-16(14)24/h12-16,18-21,23,27-29H,3-11H2,1-2H3,(H,30,31)/t12-,13+,14+,15-,16+,18-,19-,20+,21-,23+,24-,25-/m0/s1. The highest BCUT2D eigenvalue weighted by molar-refractivity contribution is 5.87. The van der Waals surface area contributed by atoms with Gasteiger partial charge in [-0.3, -0.25) is 4.79 Å². The summed E-state index contributed by atoms with van der Waals surface area (Å²) in [5.74, 6) is 1.28. The third-order valence-electron chi connectivity index (χ3n) is 10.5. The average molecular weight is 467 g/mol. The molecule has 0 aromatic heterocycles. The number of rotatable bonds is 3. The van der Waals surface area contributed by atoms with E-state index in [1.54, 1.807) is 0 Å². The monoisotopic (exact) mass is 466 g/mol. The van der Waals surface area contributed by atoms with Crippen molar-refractivity contribution in [3.63, 3.8) is 0 Å². The van der Waals surface area contributed by atoms with Gasteiger partial charge in [-0.15, -0.1) is 0 Å². The van der Waals surface area contributed by atoms with Gasteiger partial charge in [0.05, 0.1) is 6.10 Å². The molecule has 8 nitrogen and oxygen atoms in total. The Balaban J connectivity index is 1.26. The van der Waals surface area contributed by atoms with Gasteiger partial charge in [0, 0.05) is 11.8 Å². The van der Waals surface area contributed by atoms with Gasteiger partial charge in [-0.1, -0.05) is 13.8 Å². The van der Waals surface area contributed by atoms with Gasteiger partial charge in [-0.2, -0.15) is 0 Å². The summed E-state index contributed by atoms with van der Waals surface area (Å²) >= 11 is 0. The number of aliphatic hydroxyl groups excluding tert-OH is 3. The number of carboxylic acid groups (broad SMARTS) is 1. The number of Topliss-reactive ketones (excluding diaryl/α,β-unsaturated/α-hetero) is 1. The van der Waals surface area contributed by atoms with Crippen LogP contribution < -0.4 is 0 Å². The van der Waals surface area contributed by atoms with Crippen LogP contribution in [0.1, 0.15) is 71.6 Å². The van der Waals surface area contributed by atoms with Gasteiger partial charge in [-0.05, 0) is 80.5 Å². The van der Waals surface area contributed by atoms with Crippen LogP contribution in [0.3, 0.4) is 0 Å². The molecule has 1 aliphatic heterocycles. The molecule has 8 heteroatoms. The SMILES string of the molecule is C[C@]12CC[C@@H](O[C@@H]3O[C@H](C(=O)O)[C@@H](O)[C@H](O)[C@H]3O)C[C@@H]1CC[C@H]1[C@H]2CC[C@]2(C)C(=O)CC[C@@H]12. The summed E-state index contributed by atoms with van der Waals surface area (Å²) in [6.45, 7) is 4.62. The van der Waals surface area contributed by atoms with Crippen molar-refractivity contribution in [3.8, 4) is 0 Å². The first-order chi connectivity index (χ1) is 15.6. The number of hydrogen-bond acceptors (Lipinski definition) is 7. The molecule has 186 valence electrons. The molecule has 12 atom stereocenters. The number of carboxylic acids is 1. The first-order valence-corrected chi connectivity index (χ1v) is 12.7. The van der Waals surface area contributed by atoms with E-state index in [9.17, 15) is 30.0 Å². The second-order valence-corrected chi connectivity index (χ2v) is 11.8. The number of carbonyl (C=O) groups excluding carboxylic acids is 1. The number of aliphatic hydroxyl groups is 3. The third-order valence-corrected chi connectivity index (χ3v) is 10.5. The molecule has 4 N–H and O–H groups in total.